The molecular weight excluding hydrogens is 337 g/mol. The number of hydrogen-bond donors (Lipinski definition) is 2. The van der Waals surface area contributed by atoms with Gasteiger partial charge in [-0.05, 0) is 25.1 Å². The van der Waals surface area contributed by atoms with Crippen molar-refractivity contribution in [2.24, 2.45) is 0 Å². The predicted molar refractivity (Wildman–Crippen MR) is 85.9 cm³/mol. The Hall–Kier alpha value is -3.00. The molecule has 7 nitrogen and oxygen atoms in total. The number of hydrogen-bond acceptors (Lipinski definition) is 6. The number of aryl methyl sites for hydroxylation is 1. The van der Waals surface area contributed by atoms with Crippen molar-refractivity contribution in [1.29, 1.82) is 0 Å². The highest BCUT2D eigenvalue weighted by Crippen LogP contribution is 2.20. The molecule has 0 aliphatic carbocycles. The molecule has 24 heavy (non-hydrogen) atoms. The van der Waals surface area contributed by atoms with E-state index in [2.05, 4.69) is 25.8 Å². The molecule has 3 rings (SSSR count). The lowest BCUT2D eigenvalue weighted by molar-refractivity contribution is 0.102. The smallest absolute Gasteiger partial charge is 0.275 e. The Kier molecular flexibility index (Phi) is 4.39. The molecule has 1 aromatic carbocycles. The van der Waals surface area contributed by atoms with E-state index in [1.165, 1.54) is 24.5 Å². The Labute approximate surface area is 140 Å². The Balaban J connectivity index is 1.68. The highest BCUT2D eigenvalue weighted by atomic mass is 35.5. The number of amides is 1. The zero-order valence-corrected chi connectivity index (χ0v) is 13.1. The lowest BCUT2D eigenvalue weighted by atomic mass is 10.3. The molecule has 0 atom stereocenters. The van der Waals surface area contributed by atoms with Gasteiger partial charge in [0.2, 0.25) is 0 Å². The summed E-state index contributed by atoms with van der Waals surface area (Å²) in [6.45, 7) is 1.76. The van der Waals surface area contributed by atoms with Gasteiger partial charge in [-0.25, -0.2) is 14.4 Å². The van der Waals surface area contributed by atoms with Crippen molar-refractivity contribution in [2.75, 3.05) is 10.6 Å². The lowest BCUT2D eigenvalue weighted by Gasteiger charge is -2.06. The Morgan fingerprint density at radius 3 is 2.67 bits per heavy atom. The van der Waals surface area contributed by atoms with Crippen LogP contribution in [0.5, 0.6) is 0 Å². The second-order valence-electron chi connectivity index (χ2n) is 4.82. The number of carbonyl (C=O) groups excluding carboxylic acids is 1. The van der Waals surface area contributed by atoms with Crippen molar-refractivity contribution >= 4 is 34.8 Å². The van der Waals surface area contributed by atoms with Gasteiger partial charge >= 0.3 is 0 Å². The Morgan fingerprint density at radius 1 is 1.21 bits per heavy atom. The average Bonchev–Trinajstić information content (AvgIpc) is 2.96. The molecule has 0 aliphatic rings. The number of nitrogens with zero attached hydrogens (tertiary/aromatic N) is 3. The van der Waals surface area contributed by atoms with Gasteiger partial charge in [-0.3, -0.25) is 4.79 Å². The average molecular weight is 348 g/mol. The van der Waals surface area contributed by atoms with Gasteiger partial charge in [-0.1, -0.05) is 16.8 Å². The van der Waals surface area contributed by atoms with Crippen molar-refractivity contribution in [3.63, 3.8) is 0 Å². The van der Waals surface area contributed by atoms with Crippen LogP contribution < -0.4 is 10.6 Å². The fourth-order valence-electron chi connectivity index (χ4n) is 1.84. The largest absolute Gasteiger partial charge is 0.360 e. The van der Waals surface area contributed by atoms with Crippen LogP contribution in [0.3, 0.4) is 0 Å². The third-order valence-electron chi connectivity index (χ3n) is 2.95. The minimum atomic E-state index is -0.562. The number of benzene rings is 1. The summed E-state index contributed by atoms with van der Waals surface area (Å²) in [6, 6.07) is 5.57. The first-order valence-corrected chi connectivity index (χ1v) is 7.18. The number of rotatable bonds is 4. The summed E-state index contributed by atoms with van der Waals surface area (Å²) >= 11 is 5.67. The first-order valence-electron chi connectivity index (χ1n) is 6.80. The topological polar surface area (TPSA) is 92.9 Å². The third-order valence-corrected chi connectivity index (χ3v) is 3.24. The van der Waals surface area contributed by atoms with E-state index in [1.54, 1.807) is 13.0 Å². The number of halogens is 2. The molecule has 0 aliphatic heterocycles. The molecule has 0 spiro atoms. The molecule has 1 amide bonds. The van der Waals surface area contributed by atoms with Crippen molar-refractivity contribution in [2.45, 2.75) is 6.92 Å². The van der Waals surface area contributed by atoms with Gasteiger partial charge in [-0.15, -0.1) is 0 Å². The van der Waals surface area contributed by atoms with Crippen molar-refractivity contribution in [1.82, 2.24) is 15.1 Å². The Bertz CT molecular complexity index is 882. The maximum absolute atomic E-state index is 13.1. The molecule has 0 fully saturated rings. The molecule has 0 saturated carbocycles. The normalized spacial score (nSPS) is 10.5. The van der Waals surface area contributed by atoms with Crippen LogP contribution in [-0.2, 0) is 0 Å². The first-order chi connectivity index (χ1) is 11.5. The van der Waals surface area contributed by atoms with Gasteiger partial charge in [0.25, 0.3) is 5.91 Å². The minimum absolute atomic E-state index is 0.0821. The maximum atomic E-state index is 13.1. The predicted octanol–water partition coefficient (Wildman–Crippen LogP) is 3.56. The van der Waals surface area contributed by atoms with Gasteiger partial charge < -0.3 is 15.2 Å². The van der Waals surface area contributed by atoms with Gasteiger partial charge in [0.1, 0.15) is 23.1 Å². The standard InChI is InChI=1S/C15H11ClFN5O2/c1-8-4-13(22-24-8)21-14-7-18-12(6-19-14)15(23)20-9-2-3-11(17)10(16)5-9/h2-7H,1H3,(H,20,23)(H,19,21,22). The van der Waals surface area contributed by atoms with Crippen LogP contribution in [0, 0.1) is 12.7 Å². The summed E-state index contributed by atoms with van der Waals surface area (Å²) in [5.74, 6) is 0.492. The van der Waals surface area contributed by atoms with E-state index in [0.717, 1.165) is 6.07 Å². The van der Waals surface area contributed by atoms with Crippen LogP contribution in [0.4, 0.5) is 21.7 Å². The van der Waals surface area contributed by atoms with Crippen molar-refractivity contribution < 1.29 is 13.7 Å². The molecule has 0 radical (unpaired) electrons. The van der Waals surface area contributed by atoms with Crippen LogP contribution in [0.25, 0.3) is 0 Å². The molecular formula is C15H11ClFN5O2. The molecule has 2 heterocycles. The van der Waals surface area contributed by atoms with Crippen LogP contribution in [0.1, 0.15) is 16.2 Å². The monoisotopic (exact) mass is 347 g/mol. The molecule has 9 heteroatoms. The molecule has 122 valence electrons. The van der Waals surface area contributed by atoms with Crippen LogP contribution in [-0.4, -0.2) is 21.0 Å². The molecule has 2 N–H and O–H groups in total. The summed E-state index contributed by atoms with van der Waals surface area (Å²) in [7, 11) is 0. The van der Waals surface area contributed by atoms with E-state index in [9.17, 15) is 9.18 Å². The summed E-state index contributed by atoms with van der Waals surface area (Å²) in [5.41, 5.74) is 0.450. The van der Waals surface area contributed by atoms with Gasteiger partial charge in [0.05, 0.1) is 17.4 Å². The zero-order chi connectivity index (χ0) is 17.1. The minimum Gasteiger partial charge on any atom is -0.360 e. The van der Waals surface area contributed by atoms with E-state index >= 15 is 0 Å². The number of carbonyl (C=O) groups is 1. The number of anilines is 3. The summed E-state index contributed by atoms with van der Waals surface area (Å²) in [5, 5.41) is 9.12. The van der Waals surface area contributed by atoms with Crippen LogP contribution in [0.2, 0.25) is 5.02 Å². The second-order valence-corrected chi connectivity index (χ2v) is 5.22. The van der Waals surface area contributed by atoms with E-state index in [1.807, 2.05) is 0 Å². The number of aromatic nitrogens is 3. The fraction of sp³-hybridized carbons (Fsp3) is 0.0667. The maximum Gasteiger partial charge on any atom is 0.275 e. The quantitative estimate of drug-likeness (QED) is 0.749. The van der Waals surface area contributed by atoms with Gasteiger partial charge in [0.15, 0.2) is 5.82 Å². The highest BCUT2D eigenvalue weighted by molar-refractivity contribution is 6.31. The molecule has 2 aromatic heterocycles. The van der Waals surface area contributed by atoms with E-state index in [4.69, 9.17) is 16.1 Å². The Morgan fingerprint density at radius 2 is 2.04 bits per heavy atom. The van der Waals surface area contributed by atoms with Crippen LogP contribution >= 0.6 is 11.6 Å². The van der Waals surface area contributed by atoms with Crippen LogP contribution in [0.15, 0.2) is 41.2 Å². The molecule has 0 bridgehead atoms. The van der Waals surface area contributed by atoms with E-state index < -0.39 is 11.7 Å². The summed E-state index contributed by atoms with van der Waals surface area (Å²) in [6.07, 6.45) is 2.69. The SMILES string of the molecule is Cc1cc(Nc2cnc(C(=O)Nc3ccc(F)c(Cl)c3)cn2)no1. The zero-order valence-electron chi connectivity index (χ0n) is 12.4. The second kappa shape index (κ2) is 6.63. The molecule has 0 unspecified atom stereocenters. The van der Waals surface area contributed by atoms with Gasteiger partial charge in [-0.2, -0.15) is 0 Å². The van der Waals surface area contributed by atoms with E-state index in [-0.39, 0.29) is 10.7 Å². The van der Waals surface area contributed by atoms with Gasteiger partial charge in [0, 0.05) is 11.8 Å². The first kappa shape index (κ1) is 15.9. The lowest BCUT2D eigenvalue weighted by Crippen LogP contribution is -2.14. The third kappa shape index (κ3) is 3.66. The van der Waals surface area contributed by atoms with Crippen molar-refractivity contribution in [3.8, 4) is 0 Å². The molecule has 0 saturated heterocycles. The van der Waals surface area contributed by atoms with E-state index in [0.29, 0.717) is 23.1 Å². The number of nitrogens with one attached hydrogen (secondary N) is 2. The van der Waals surface area contributed by atoms with Crippen molar-refractivity contribution in [3.05, 3.63) is 59.0 Å². The summed E-state index contributed by atoms with van der Waals surface area (Å²) in [4.78, 5) is 20.2. The summed E-state index contributed by atoms with van der Waals surface area (Å²) < 4.78 is 18.0. The fourth-order valence-corrected chi connectivity index (χ4v) is 2.02. The highest BCUT2D eigenvalue weighted by Gasteiger charge is 2.10. The molecule has 3 aromatic rings.